The first kappa shape index (κ1) is 18.5. The van der Waals surface area contributed by atoms with Gasteiger partial charge < -0.3 is 0 Å². The number of hydrogen-bond acceptors (Lipinski definition) is 3. The summed E-state index contributed by atoms with van der Waals surface area (Å²) in [5, 5.41) is 0.517. The van der Waals surface area contributed by atoms with E-state index in [-0.39, 0.29) is 11.8 Å². The Morgan fingerprint density at radius 2 is 1.46 bits per heavy atom. The molecule has 0 fully saturated rings. The van der Waals surface area contributed by atoms with Crippen LogP contribution in [-0.2, 0) is 9.59 Å². The molecule has 138 valence electrons. The highest BCUT2D eigenvalue weighted by Crippen LogP contribution is 2.41. The minimum absolute atomic E-state index is 0.336. The summed E-state index contributed by atoms with van der Waals surface area (Å²) < 4.78 is 0. The monoisotopic (exact) mass is 405 g/mol. The van der Waals surface area contributed by atoms with Gasteiger partial charge >= 0.3 is 0 Å². The van der Waals surface area contributed by atoms with Gasteiger partial charge in [0.2, 0.25) is 0 Å². The smallest absolute Gasteiger partial charge is 0.268 e. The molecule has 5 heteroatoms. The molecule has 28 heavy (non-hydrogen) atoms. The molecule has 0 saturated carbocycles. The largest absolute Gasteiger partial charge is 0.272 e. The van der Waals surface area contributed by atoms with Crippen molar-refractivity contribution in [1.29, 1.82) is 0 Å². The number of anilines is 1. The molecular weight excluding hydrogens is 390 g/mol. The van der Waals surface area contributed by atoms with E-state index in [0.717, 1.165) is 16.0 Å². The Balaban J connectivity index is 1.82. The van der Waals surface area contributed by atoms with Gasteiger partial charge in [0.05, 0.1) is 16.2 Å². The number of hydrogen-bond donors (Lipinski definition) is 0. The Kier molecular flexibility index (Phi) is 5.07. The Bertz CT molecular complexity index is 1090. The number of rotatable bonds is 4. The molecule has 0 aliphatic carbocycles. The first-order valence-corrected chi connectivity index (χ1v) is 9.93. The number of imide groups is 1. The molecule has 0 aromatic heterocycles. The van der Waals surface area contributed by atoms with E-state index in [1.165, 1.54) is 16.7 Å². The zero-order valence-corrected chi connectivity index (χ0v) is 16.6. The zero-order valence-electron chi connectivity index (χ0n) is 15.1. The maximum Gasteiger partial charge on any atom is 0.272 e. The second-order valence-electron chi connectivity index (χ2n) is 6.36. The van der Waals surface area contributed by atoms with Crippen molar-refractivity contribution in [2.75, 3.05) is 4.90 Å². The molecule has 3 aromatic rings. The summed E-state index contributed by atoms with van der Waals surface area (Å²) in [7, 11) is 0. The highest BCUT2D eigenvalue weighted by Gasteiger charge is 2.40. The summed E-state index contributed by atoms with van der Waals surface area (Å²) in [6, 6.07) is 24.1. The van der Waals surface area contributed by atoms with E-state index in [0.29, 0.717) is 21.2 Å². The van der Waals surface area contributed by atoms with E-state index in [1.807, 2.05) is 73.7 Å². The van der Waals surface area contributed by atoms with Crippen LogP contribution >= 0.6 is 23.4 Å². The number of aryl methyl sites for hydroxylation is 1. The molecule has 0 bridgehead atoms. The van der Waals surface area contributed by atoms with Crippen molar-refractivity contribution in [2.45, 2.75) is 11.8 Å². The van der Waals surface area contributed by atoms with Crippen LogP contribution in [0.1, 0.15) is 11.1 Å². The van der Waals surface area contributed by atoms with Crippen LogP contribution in [0.15, 0.2) is 88.7 Å². The lowest BCUT2D eigenvalue weighted by Gasteiger charge is -2.16. The molecule has 4 rings (SSSR count). The third kappa shape index (κ3) is 3.37. The third-order valence-corrected chi connectivity index (χ3v) is 5.98. The number of benzene rings is 3. The molecule has 0 saturated heterocycles. The molecule has 2 amide bonds. The molecule has 1 aliphatic rings. The topological polar surface area (TPSA) is 37.4 Å². The second kappa shape index (κ2) is 7.66. The first-order chi connectivity index (χ1) is 13.6. The van der Waals surface area contributed by atoms with E-state index in [9.17, 15) is 9.59 Å². The summed E-state index contributed by atoms with van der Waals surface area (Å²) >= 11 is 7.55. The highest BCUT2D eigenvalue weighted by molar-refractivity contribution is 8.04. The minimum atomic E-state index is -0.338. The van der Waals surface area contributed by atoms with Crippen molar-refractivity contribution in [3.05, 3.63) is 99.9 Å². The average molecular weight is 406 g/mol. The minimum Gasteiger partial charge on any atom is -0.268 e. The number of halogens is 1. The van der Waals surface area contributed by atoms with Gasteiger partial charge in [-0.25, -0.2) is 4.90 Å². The lowest BCUT2D eigenvalue weighted by Crippen LogP contribution is -2.31. The van der Waals surface area contributed by atoms with Gasteiger partial charge in [-0.05, 0) is 42.3 Å². The molecule has 3 nitrogen and oxygen atoms in total. The maximum absolute atomic E-state index is 13.3. The number of carbonyl (C=O) groups excluding carboxylic acids is 2. The molecule has 0 radical (unpaired) electrons. The van der Waals surface area contributed by atoms with Crippen molar-refractivity contribution < 1.29 is 9.59 Å². The number of thioether (sulfide) groups is 1. The molecule has 0 unspecified atom stereocenters. The Labute approximate surface area is 172 Å². The Morgan fingerprint density at radius 3 is 2.11 bits per heavy atom. The SMILES string of the molecule is Cc1ccc(N2C(=O)C(Sc3ccccc3)=C(c3ccccc3)C2=O)cc1Cl. The van der Waals surface area contributed by atoms with E-state index in [4.69, 9.17) is 11.6 Å². The second-order valence-corrected chi connectivity index (χ2v) is 7.86. The van der Waals surface area contributed by atoms with Gasteiger partial charge in [0.15, 0.2) is 0 Å². The fourth-order valence-corrected chi connectivity index (χ4v) is 4.21. The van der Waals surface area contributed by atoms with E-state index < -0.39 is 0 Å². The summed E-state index contributed by atoms with van der Waals surface area (Å²) in [5.74, 6) is -0.674. The van der Waals surface area contributed by atoms with Crippen molar-refractivity contribution in [2.24, 2.45) is 0 Å². The maximum atomic E-state index is 13.3. The van der Waals surface area contributed by atoms with Crippen LogP contribution in [0, 0.1) is 6.92 Å². The fraction of sp³-hybridized carbons (Fsp3) is 0.0435. The van der Waals surface area contributed by atoms with Crippen LogP contribution < -0.4 is 4.90 Å². The van der Waals surface area contributed by atoms with Crippen molar-refractivity contribution >= 4 is 46.4 Å². The highest BCUT2D eigenvalue weighted by atomic mass is 35.5. The summed E-state index contributed by atoms with van der Waals surface area (Å²) in [6.45, 7) is 1.88. The number of amides is 2. The summed E-state index contributed by atoms with van der Waals surface area (Å²) in [4.78, 5) is 29.1. The quantitative estimate of drug-likeness (QED) is 0.520. The van der Waals surface area contributed by atoms with Crippen LogP contribution in [0.25, 0.3) is 5.57 Å². The molecule has 0 N–H and O–H groups in total. The van der Waals surface area contributed by atoms with Gasteiger partial charge in [-0.2, -0.15) is 0 Å². The fourth-order valence-electron chi connectivity index (χ4n) is 3.03. The first-order valence-electron chi connectivity index (χ1n) is 8.74. The predicted molar refractivity (Wildman–Crippen MR) is 114 cm³/mol. The van der Waals surface area contributed by atoms with Gasteiger partial charge in [0.1, 0.15) is 0 Å². The van der Waals surface area contributed by atoms with Crippen molar-refractivity contribution in [3.8, 4) is 0 Å². The standard InChI is InChI=1S/C23H16ClNO2S/c1-15-12-13-17(14-19(15)24)25-22(26)20(16-8-4-2-5-9-16)21(23(25)27)28-18-10-6-3-7-11-18/h2-14H,1H3. The van der Waals surface area contributed by atoms with Crippen molar-refractivity contribution in [3.63, 3.8) is 0 Å². The molecule has 0 spiro atoms. The van der Waals surface area contributed by atoms with Gasteiger partial charge in [-0.15, -0.1) is 0 Å². The molecule has 3 aromatic carbocycles. The Morgan fingerprint density at radius 1 is 0.821 bits per heavy atom. The van der Waals surface area contributed by atoms with Gasteiger partial charge in [-0.3, -0.25) is 9.59 Å². The van der Waals surface area contributed by atoms with E-state index in [1.54, 1.807) is 12.1 Å². The lowest BCUT2D eigenvalue weighted by atomic mass is 10.1. The van der Waals surface area contributed by atoms with Crippen LogP contribution in [0.2, 0.25) is 5.02 Å². The predicted octanol–water partition coefficient (Wildman–Crippen LogP) is 5.73. The zero-order chi connectivity index (χ0) is 19.7. The third-order valence-electron chi connectivity index (χ3n) is 4.48. The van der Waals surface area contributed by atoms with Crippen LogP contribution in [0.4, 0.5) is 5.69 Å². The average Bonchev–Trinajstić information content (AvgIpc) is 2.95. The summed E-state index contributed by atoms with van der Waals surface area (Å²) in [6.07, 6.45) is 0. The van der Waals surface area contributed by atoms with Gasteiger partial charge in [0.25, 0.3) is 11.8 Å². The van der Waals surface area contributed by atoms with Gasteiger partial charge in [-0.1, -0.05) is 78.0 Å². The van der Waals surface area contributed by atoms with E-state index in [2.05, 4.69) is 0 Å². The lowest BCUT2D eigenvalue weighted by molar-refractivity contribution is -0.119. The molecule has 1 aliphatic heterocycles. The number of carbonyl (C=O) groups is 2. The van der Waals surface area contributed by atoms with Crippen LogP contribution in [0.3, 0.4) is 0 Å². The molecular formula is C23H16ClNO2S. The number of nitrogens with zero attached hydrogens (tertiary/aromatic N) is 1. The van der Waals surface area contributed by atoms with Crippen molar-refractivity contribution in [1.82, 2.24) is 0 Å². The normalized spacial score (nSPS) is 14.1. The molecule has 1 heterocycles. The Hall–Kier alpha value is -2.82. The van der Waals surface area contributed by atoms with Crippen LogP contribution in [-0.4, -0.2) is 11.8 Å². The summed E-state index contributed by atoms with van der Waals surface area (Å²) in [5.41, 5.74) is 2.50. The van der Waals surface area contributed by atoms with E-state index >= 15 is 0 Å². The van der Waals surface area contributed by atoms with Crippen LogP contribution in [0.5, 0.6) is 0 Å². The van der Waals surface area contributed by atoms with Gasteiger partial charge in [0, 0.05) is 9.92 Å². The molecule has 0 atom stereocenters.